The summed E-state index contributed by atoms with van der Waals surface area (Å²) in [7, 11) is 0. The Kier molecular flexibility index (Phi) is 8.64. The van der Waals surface area contributed by atoms with Gasteiger partial charge >= 0.3 is 0 Å². The van der Waals surface area contributed by atoms with Crippen molar-refractivity contribution < 1.29 is 9.59 Å². The molecule has 0 spiro atoms. The molecule has 1 amide bonds. The Bertz CT molecular complexity index is 787. The van der Waals surface area contributed by atoms with E-state index < -0.39 is 0 Å². The van der Waals surface area contributed by atoms with E-state index >= 15 is 0 Å². The maximum absolute atomic E-state index is 12.8. The van der Waals surface area contributed by atoms with E-state index in [-0.39, 0.29) is 24.1 Å². The lowest BCUT2D eigenvalue weighted by Gasteiger charge is -2.27. The molecule has 1 aliphatic heterocycles. The van der Waals surface area contributed by atoms with Gasteiger partial charge in [-0.1, -0.05) is 48.0 Å². The number of hydrogen-bond donors (Lipinski definition) is 2. The zero-order valence-electron chi connectivity index (χ0n) is 16.2. The number of piperazine rings is 1. The Morgan fingerprint density at radius 2 is 1.64 bits per heavy atom. The number of ketones is 1. The van der Waals surface area contributed by atoms with Gasteiger partial charge in [-0.3, -0.25) is 9.59 Å². The van der Waals surface area contributed by atoms with E-state index in [0.717, 1.165) is 44.7 Å². The Hall–Kier alpha value is -2.21. The summed E-state index contributed by atoms with van der Waals surface area (Å²) in [6.45, 7) is 7.74. The number of nitrogens with zero attached hydrogens (tertiary/aromatic N) is 1. The van der Waals surface area contributed by atoms with Crippen LogP contribution in [0.4, 0.5) is 0 Å². The van der Waals surface area contributed by atoms with Crippen molar-refractivity contribution in [2.75, 3.05) is 39.3 Å². The molecule has 0 aromatic heterocycles. The van der Waals surface area contributed by atoms with Gasteiger partial charge in [0.15, 0.2) is 5.78 Å². The van der Waals surface area contributed by atoms with E-state index in [1.54, 1.807) is 36.4 Å². The fourth-order valence-corrected chi connectivity index (χ4v) is 3.27. The molecule has 0 saturated carbocycles. The molecule has 0 bridgehead atoms. The Morgan fingerprint density at radius 1 is 1.00 bits per heavy atom. The van der Waals surface area contributed by atoms with Gasteiger partial charge in [0.2, 0.25) is 0 Å². The standard InChI is InChI=1S/C22H27N3O2.ClH/c1-17-7-9-18(10-8-17)21(26)19-5-2-3-6-20(19)22(27)24-11-4-14-25-15-12-23-13-16-25;/h2-3,5-10,23H,4,11-16H2,1H3,(H,24,27);1H. The quantitative estimate of drug-likeness (QED) is 0.553. The van der Waals surface area contributed by atoms with Crippen LogP contribution < -0.4 is 10.6 Å². The average Bonchev–Trinajstić information content (AvgIpc) is 2.72. The second kappa shape index (κ2) is 11.0. The van der Waals surface area contributed by atoms with Gasteiger partial charge in [0, 0.05) is 43.9 Å². The highest BCUT2D eigenvalue weighted by molar-refractivity contribution is 6.15. The summed E-state index contributed by atoms with van der Waals surface area (Å²) in [6.07, 6.45) is 0.903. The summed E-state index contributed by atoms with van der Waals surface area (Å²) < 4.78 is 0. The van der Waals surface area contributed by atoms with Crippen molar-refractivity contribution in [3.05, 3.63) is 70.8 Å². The molecule has 28 heavy (non-hydrogen) atoms. The number of benzene rings is 2. The summed E-state index contributed by atoms with van der Waals surface area (Å²) in [5.74, 6) is -0.312. The third-order valence-electron chi connectivity index (χ3n) is 4.88. The molecule has 2 aromatic rings. The molecular formula is C22H28ClN3O2. The van der Waals surface area contributed by atoms with Gasteiger partial charge < -0.3 is 15.5 Å². The van der Waals surface area contributed by atoms with Crippen LogP contribution in [0.15, 0.2) is 48.5 Å². The first-order chi connectivity index (χ1) is 13.1. The van der Waals surface area contributed by atoms with Crippen LogP contribution in [0, 0.1) is 6.92 Å². The zero-order valence-corrected chi connectivity index (χ0v) is 17.1. The summed E-state index contributed by atoms with van der Waals surface area (Å²) in [6, 6.07) is 14.5. The molecule has 2 N–H and O–H groups in total. The maximum Gasteiger partial charge on any atom is 0.252 e. The normalized spacial score (nSPS) is 14.2. The van der Waals surface area contributed by atoms with Crippen LogP contribution in [0.25, 0.3) is 0 Å². The summed E-state index contributed by atoms with van der Waals surface area (Å²) in [5, 5.41) is 6.30. The Balaban J connectivity index is 0.00000280. The minimum Gasteiger partial charge on any atom is -0.352 e. The Morgan fingerprint density at radius 3 is 2.32 bits per heavy atom. The molecule has 3 rings (SSSR count). The van der Waals surface area contributed by atoms with Crippen LogP contribution in [-0.2, 0) is 0 Å². The fourth-order valence-electron chi connectivity index (χ4n) is 3.27. The van der Waals surface area contributed by atoms with Crippen molar-refractivity contribution in [1.82, 2.24) is 15.5 Å². The van der Waals surface area contributed by atoms with E-state index in [0.29, 0.717) is 23.2 Å². The third kappa shape index (κ3) is 5.89. The predicted octanol–water partition coefficient (Wildman–Crippen LogP) is 2.67. The van der Waals surface area contributed by atoms with Crippen LogP contribution in [0.5, 0.6) is 0 Å². The lowest BCUT2D eigenvalue weighted by Crippen LogP contribution is -2.44. The first-order valence-electron chi connectivity index (χ1n) is 9.57. The lowest BCUT2D eigenvalue weighted by atomic mass is 9.97. The van der Waals surface area contributed by atoms with E-state index in [1.807, 2.05) is 19.1 Å². The number of halogens is 1. The zero-order chi connectivity index (χ0) is 19.1. The van der Waals surface area contributed by atoms with Gasteiger partial charge in [-0.2, -0.15) is 0 Å². The molecule has 5 nitrogen and oxygen atoms in total. The molecule has 1 aliphatic rings. The summed E-state index contributed by atoms with van der Waals surface area (Å²) >= 11 is 0. The largest absolute Gasteiger partial charge is 0.352 e. The van der Waals surface area contributed by atoms with Gasteiger partial charge in [0.1, 0.15) is 0 Å². The molecule has 0 atom stereocenters. The predicted molar refractivity (Wildman–Crippen MR) is 115 cm³/mol. The topological polar surface area (TPSA) is 61.4 Å². The Labute approximate surface area is 172 Å². The number of amides is 1. The molecule has 0 radical (unpaired) electrons. The summed E-state index contributed by atoms with van der Waals surface area (Å²) in [4.78, 5) is 27.8. The molecule has 0 aliphatic carbocycles. The van der Waals surface area contributed by atoms with Crippen LogP contribution in [-0.4, -0.2) is 55.9 Å². The molecule has 2 aromatic carbocycles. The van der Waals surface area contributed by atoms with Crippen LogP contribution >= 0.6 is 12.4 Å². The number of carbonyl (C=O) groups excluding carboxylic acids is 2. The van der Waals surface area contributed by atoms with Crippen molar-refractivity contribution in [3.8, 4) is 0 Å². The molecular weight excluding hydrogens is 374 g/mol. The monoisotopic (exact) mass is 401 g/mol. The van der Waals surface area contributed by atoms with E-state index in [2.05, 4.69) is 15.5 Å². The second-order valence-electron chi connectivity index (χ2n) is 6.94. The number of carbonyl (C=O) groups is 2. The van der Waals surface area contributed by atoms with Crippen molar-refractivity contribution in [2.24, 2.45) is 0 Å². The highest BCUT2D eigenvalue weighted by atomic mass is 35.5. The van der Waals surface area contributed by atoms with Crippen LogP contribution in [0.3, 0.4) is 0 Å². The number of rotatable bonds is 7. The van der Waals surface area contributed by atoms with E-state index in [1.165, 1.54) is 0 Å². The van der Waals surface area contributed by atoms with Crippen molar-refractivity contribution in [3.63, 3.8) is 0 Å². The second-order valence-corrected chi connectivity index (χ2v) is 6.94. The maximum atomic E-state index is 12.8. The molecule has 1 fully saturated rings. The van der Waals surface area contributed by atoms with Crippen LogP contribution in [0.2, 0.25) is 0 Å². The van der Waals surface area contributed by atoms with Gasteiger partial charge in [-0.05, 0) is 26.0 Å². The first-order valence-corrected chi connectivity index (χ1v) is 9.57. The van der Waals surface area contributed by atoms with Gasteiger partial charge in [-0.25, -0.2) is 0 Å². The van der Waals surface area contributed by atoms with Gasteiger partial charge in [-0.15, -0.1) is 12.4 Å². The number of hydrogen-bond acceptors (Lipinski definition) is 4. The molecule has 0 unspecified atom stereocenters. The fraction of sp³-hybridized carbons (Fsp3) is 0.364. The van der Waals surface area contributed by atoms with E-state index in [4.69, 9.17) is 0 Å². The van der Waals surface area contributed by atoms with Crippen LogP contribution in [0.1, 0.15) is 38.3 Å². The number of aryl methyl sites for hydroxylation is 1. The molecule has 150 valence electrons. The van der Waals surface area contributed by atoms with Crippen molar-refractivity contribution in [1.29, 1.82) is 0 Å². The smallest absolute Gasteiger partial charge is 0.252 e. The first kappa shape index (κ1) is 22.1. The molecule has 1 heterocycles. The SMILES string of the molecule is Cc1ccc(C(=O)c2ccccc2C(=O)NCCCN2CCNCC2)cc1.Cl. The van der Waals surface area contributed by atoms with Crippen molar-refractivity contribution in [2.45, 2.75) is 13.3 Å². The lowest BCUT2D eigenvalue weighted by molar-refractivity contribution is 0.0940. The van der Waals surface area contributed by atoms with E-state index in [9.17, 15) is 9.59 Å². The third-order valence-corrected chi connectivity index (χ3v) is 4.88. The summed E-state index contributed by atoms with van der Waals surface area (Å²) in [5.41, 5.74) is 2.58. The van der Waals surface area contributed by atoms with Gasteiger partial charge in [0.05, 0.1) is 5.56 Å². The van der Waals surface area contributed by atoms with Gasteiger partial charge in [0.25, 0.3) is 5.91 Å². The highest BCUT2D eigenvalue weighted by Crippen LogP contribution is 2.15. The minimum absolute atomic E-state index is 0. The molecule has 1 saturated heterocycles. The highest BCUT2D eigenvalue weighted by Gasteiger charge is 2.18. The van der Waals surface area contributed by atoms with Crippen molar-refractivity contribution >= 4 is 24.1 Å². The average molecular weight is 402 g/mol. The molecule has 6 heteroatoms. The number of nitrogens with one attached hydrogen (secondary N) is 2. The minimum atomic E-state index is -0.189.